The smallest absolute Gasteiger partial charge is 0.127 e. The minimum absolute atomic E-state index is 0.850. The first kappa shape index (κ1) is 11.1. The molecule has 0 unspecified atom stereocenters. The molecule has 0 fully saturated rings. The second-order valence-corrected chi connectivity index (χ2v) is 4.22. The first-order valence-corrected chi connectivity index (χ1v) is 5.98. The van der Waals surface area contributed by atoms with Crippen molar-refractivity contribution in [3.63, 3.8) is 0 Å². The van der Waals surface area contributed by atoms with E-state index in [0.717, 1.165) is 35.6 Å². The summed E-state index contributed by atoms with van der Waals surface area (Å²) in [6.45, 7) is 0.893. The van der Waals surface area contributed by atoms with Crippen LogP contribution >= 0.6 is 15.9 Å². The number of rotatable bonds is 5. The molecule has 0 atom stereocenters. The van der Waals surface area contributed by atoms with E-state index >= 15 is 0 Å². The molecule has 2 aromatic heterocycles. The Kier molecular flexibility index (Phi) is 3.93. The van der Waals surface area contributed by atoms with E-state index in [4.69, 9.17) is 0 Å². The van der Waals surface area contributed by atoms with Crippen LogP contribution in [0.25, 0.3) is 0 Å². The van der Waals surface area contributed by atoms with Gasteiger partial charge in [0, 0.05) is 25.4 Å². The molecule has 0 aliphatic carbocycles. The fraction of sp³-hybridized carbons (Fsp3) is 0.273. The van der Waals surface area contributed by atoms with E-state index in [-0.39, 0.29) is 0 Å². The summed E-state index contributed by atoms with van der Waals surface area (Å²) in [5.41, 5.74) is 0. The summed E-state index contributed by atoms with van der Waals surface area (Å²) in [6, 6.07) is 5.83. The van der Waals surface area contributed by atoms with E-state index in [2.05, 4.69) is 36.2 Å². The van der Waals surface area contributed by atoms with Crippen LogP contribution in [0.5, 0.6) is 0 Å². The standard InChI is InChI=1S/C11H13BrN4/c12-9-3-1-4-11(16-9)13-6-2-5-10-14-7-8-15-10/h1,3-4,7-8H,2,5-6H2,(H,13,16)(H,14,15). The molecule has 2 N–H and O–H groups in total. The number of nitrogens with zero attached hydrogens (tertiary/aromatic N) is 2. The molecule has 2 aromatic rings. The number of pyridine rings is 1. The van der Waals surface area contributed by atoms with Crippen molar-refractivity contribution in [1.29, 1.82) is 0 Å². The second kappa shape index (κ2) is 5.65. The molecule has 4 nitrogen and oxygen atoms in total. The molecule has 0 saturated heterocycles. The van der Waals surface area contributed by atoms with E-state index in [1.54, 1.807) is 6.20 Å². The lowest BCUT2D eigenvalue weighted by Gasteiger charge is -2.04. The van der Waals surface area contributed by atoms with Crippen LogP contribution in [-0.4, -0.2) is 21.5 Å². The zero-order valence-electron chi connectivity index (χ0n) is 8.78. The van der Waals surface area contributed by atoms with Crippen molar-refractivity contribution in [2.75, 3.05) is 11.9 Å². The first-order valence-electron chi connectivity index (χ1n) is 5.19. The molecule has 16 heavy (non-hydrogen) atoms. The summed E-state index contributed by atoms with van der Waals surface area (Å²) in [4.78, 5) is 11.5. The summed E-state index contributed by atoms with van der Waals surface area (Å²) < 4.78 is 0.850. The summed E-state index contributed by atoms with van der Waals surface area (Å²) in [6.07, 6.45) is 5.60. The summed E-state index contributed by atoms with van der Waals surface area (Å²) in [5, 5.41) is 3.27. The Hall–Kier alpha value is -1.36. The van der Waals surface area contributed by atoms with Gasteiger partial charge in [-0.25, -0.2) is 9.97 Å². The largest absolute Gasteiger partial charge is 0.370 e. The van der Waals surface area contributed by atoms with Crippen molar-refractivity contribution in [2.24, 2.45) is 0 Å². The van der Waals surface area contributed by atoms with Crippen LogP contribution in [-0.2, 0) is 6.42 Å². The number of H-pyrrole nitrogens is 1. The van der Waals surface area contributed by atoms with Gasteiger partial charge in [-0.1, -0.05) is 6.07 Å². The third kappa shape index (κ3) is 3.34. The molecule has 2 rings (SSSR count). The van der Waals surface area contributed by atoms with Gasteiger partial charge in [-0.05, 0) is 34.5 Å². The van der Waals surface area contributed by atoms with Crippen molar-refractivity contribution in [1.82, 2.24) is 15.0 Å². The Bertz CT molecular complexity index is 427. The van der Waals surface area contributed by atoms with Gasteiger partial charge in [-0.3, -0.25) is 0 Å². The third-order valence-corrected chi connectivity index (χ3v) is 2.61. The van der Waals surface area contributed by atoms with Crippen LogP contribution < -0.4 is 5.32 Å². The molecule has 0 aliphatic heterocycles. The van der Waals surface area contributed by atoms with Gasteiger partial charge in [0.1, 0.15) is 16.2 Å². The van der Waals surface area contributed by atoms with Crippen LogP contribution in [0, 0.1) is 0 Å². The quantitative estimate of drug-likeness (QED) is 0.654. The van der Waals surface area contributed by atoms with E-state index in [9.17, 15) is 0 Å². The Morgan fingerprint density at radius 2 is 2.31 bits per heavy atom. The molecule has 2 heterocycles. The molecular weight excluding hydrogens is 268 g/mol. The molecular formula is C11H13BrN4. The number of anilines is 1. The predicted molar refractivity (Wildman–Crippen MR) is 67.3 cm³/mol. The molecule has 0 saturated carbocycles. The van der Waals surface area contributed by atoms with Gasteiger partial charge in [-0.2, -0.15) is 0 Å². The van der Waals surface area contributed by atoms with E-state index < -0.39 is 0 Å². The van der Waals surface area contributed by atoms with Crippen molar-refractivity contribution < 1.29 is 0 Å². The highest BCUT2D eigenvalue weighted by Gasteiger charge is 1.96. The Balaban J connectivity index is 1.72. The van der Waals surface area contributed by atoms with Gasteiger partial charge in [-0.15, -0.1) is 0 Å². The van der Waals surface area contributed by atoms with Crippen LogP contribution in [0.4, 0.5) is 5.82 Å². The Morgan fingerprint density at radius 3 is 3.06 bits per heavy atom. The number of aromatic nitrogens is 3. The second-order valence-electron chi connectivity index (χ2n) is 3.41. The monoisotopic (exact) mass is 280 g/mol. The fourth-order valence-electron chi connectivity index (χ4n) is 1.41. The number of halogens is 1. The van der Waals surface area contributed by atoms with Crippen molar-refractivity contribution in [2.45, 2.75) is 12.8 Å². The highest BCUT2D eigenvalue weighted by molar-refractivity contribution is 9.10. The number of hydrogen-bond acceptors (Lipinski definition) is 3. The van der Waals surface area contributed by atoms with Gasteiger partial charge in [0.25, 0.3) is 0 Å². The van der Waals surface area contributed by atoms with Crippen LogP contribution in [0.2, 0.25) is 0 Å². The molecule has 0 bridgehead atoms. The first-order chi connectivity index (χ1) is 7.84. The number of aryl methyl sites for hydroxylation is 1. The Labute approximate surface area is 103 Å². The Morgan fingerprint density at radius 1 is 1.38 bits per heavy atom. The van der Waals surface area contributed by atoms with Gasteiger partial charge in [0.15, 0.2) is 0 Å². The van der Waals surface area contributed by atoms with Crippen LogP contribution in [0.15, 0.2) is 35.2 Å². The zero-order valence-corrected chi connectivity index (χ0v) is 10.4. The summed E-state index contributed by atoms with van der Waals surface area (Å²) >= 11 is 3.34. The van der Waals surface area contributed by atoms with Crippen LogP contribution in [0.1, 0.15) is 12.2 Å². The minimum Gasteiger partial charge on any atom is -0.370 e. The highest BCUT2D eigenvalue weighted by atomic mass is 79.9. The van der Waals surface area contributed by atoms with Gasteiger partial charge >= 0.3 is 0 Å². The molecule has 84 valence electrons. The number of imidazole rings is 1. The van der Waals surface area contributed by atoms with Crippen molar-refractivity contribution >= 4 is 21.7 Å². The SMILES string of the molecule is Brc1cccc(NCCCc2ncc[nH]2)n1. The molecule has 0 spiro atoms. The summed E-state index contributed by atoms with van der Waals surface area (Å²) in [7, 11) is 0. The van der Waals surface area contributed by atoms with Gasteiger partial charge < -0.3 is 10.3 Å². The molecule has 0 amide bonds. The van der Waals surface area contributed by atoms with Gasteiger partial charge in [0.05, 0.1) is 0 Å². The van der Waals surface area contributed by atoms with Crippen molar-refractivity contribution in [3.05, 3.63) is 41.0 Å². The van der Waals surface area contributed by atoms with E-state index in [0.29, 0.717) is 0 Å². The molecule has 0 aromatic carbocycles. The normalized spacial score (nSPS) is 10.3. The zero-order chi connectivity index (χ0) is 11.2. The number of aromatic amines is 1. The molecule has 5 heteroatoms. The average molecular weight is 281 g/mol. The molecule has 0 radical (unpaired) electrons. The van der Waals surface area contributed by atoms with Crippen molar-refractivity contribution in [3.8, 4) is 0 Å². The predicted octanol–water partition coefficient (Wildman–Crippen LogP) is 2.61. The van der Waals surface area contributed by atoms with Gasteiger partial charge in [0.2, 0.25) is 0 Å². The number of nitrogens with one attached hydrogen (secondary N) is 2. The fourth-order valence-corrected chi connectivity index (χ4v) is 1.76. The highest BCUT2D eigenvalue weighted by Crippen LogP contribution is 2.09. The third-order valence-electron chi connectivity index (χ3n) is 2.17. The van der Waals surface area contributed by atoms with Crippen LogP contribution in [0.3, 0.4) is 0 Å². The average Bonchev–Trinajstić information content (AvgIpc) is 2.77. The molecule has 0 aliphatic rings. The lowest BCUT2D eigenvalue weighted by atomic mass is 10.3. The number of hydrogen-bond donors (Lipinski definition) is 2. The lowest BCUT2D eigenvalue weighted by molar-refractivity contribution is 0.813. The lowest BCUT2D eigenvalue weighted by Crippen LogP contribution is -2.05. The summed E-state index contributed by atoms with van der Waals surface area (Å²) in [5.74, 6) is 1.93. The minimum atomic E-state index is 0.850. The maximum atomic E-state index is 4.29. The van der Waals surface area contributed by atoms with E-state index in [1.165, 1.54) is 0 Å². The topological polar surface area (TPSA) is 53.6 Å². The maximum absolute atomic E-state index is 4.29. The maximum Gasteiger partial charge on any atom is 0.127 e. The van der Waals surface area contributed by atoms with E-state index in [1.807, 2.05) is 24.4 Å².